The van der Waals surface area contributed by atoms with Gasteiger partial charge in [-0.15, -0.1) is 0 Å². The maximum atomic E-state index is 13.6. The quantitative estimate of drug-likeness (QED) is 0.861. The zero-order chi connectivity index (χ0) is 13.1. The number of hydrogen-bond acceptors (Lipinski definition) is 1. The summed E-state index contributed by atoms with van der Waals surface area (Å²) in [7, 11) is 0. The van der Waals surface area contributed by atoms with Crippen LogP contribution in [0.3, 0.4) is 0 Å². The number of anilines is 1. The van der Waals surface area contributed by atoms with Crippen LogP contribution in [0.2, 0.25) is 5.02 Å². The minimum absolute atomic E-state index is 0.137. The second-order valence-electron chi connectivity index (χ2n) is 4.03. The van der Waals surface area contributed by atoms with Crippen molar-refractivity contribution in [2.24, 2.45) is 0 Å². The third-order valence-corrected chi connectivity index (χ3v) is 3.04. The van der Waals surface area contributed by atoms with Gasteiger partial charge in [0.25, 0.3) is 0 Å². The molecule has 2 aromatic rings. The molecule has 0 radical (unpaired) electrons. The lowest BCUT2D eigenvalue weighted by Gasteiger charge is -2.10. The van der Waals surface area contributed by atoms with E-state index in [0.29, 0.717) is 11.6 Å². The monoisotopic (exact) mass is 267 g/mol. The fourth-order valence-corrected chi connectivity index (χ4v) is 1.82. The third-order valence-electron chi connectivity index (χ3n) is 2.68. The van der Waals surface area contributed by atoms with Crippen molar-refractivity contribution in [1.82, 2.24) is 0 Å². The van der Waals surface area contributed by atoms with Crippen molar-refractivity contribution in [1.29, 1.82) is 0 Å². The Morgan fingerprint density at radius 2 is 1.83 bits per heavy atom. The SMILES string of the molecule is Cc1cc(F)c(NCc2ccccc2Cl)cc1F. The topological polar surface area (TPSA) is 12.0 Å². The van der Waals surface area contributed by atoms with Gasteiger partial charge < -0.3 is 5.32 Å². The molecule has 0 amide bonds. The standard InChI is InChI=1S/C14H12ClF2N/c1-9-6-13(17)14(7-12(9)16)18-8-10-4-2-3-5-11(10)15/h2-7,18H,8H2,1H3. The first kappa shape index (κ1) is 12.8. The number of hydrogen-bond donors (Lipinski definition) is 1. The van der Waals surface area contributed by atoms with E-state index in [9.17, 15) is 8.78 Å². The Morgan fingerprint density at radius 1 is 1.11 bits per heavy atom. The Morgan fingerprint density at radius 3 is 2.56 bits per heavy atom. The average Bonchev–Trinajstić information content (AvgIpc) is 2.34. The number of halogens is 3. The summed E-state index contributed by atoms with van der Waals surface area (Å²) in [6, 6.07) is 9.57. The van der Waals surface area contributed by atoms with E-state index in [2.05, 4.69) is 5.32 Å². The lowest BCUT2D eigenvalue weighted by molar-refractivity contribution is 0.594. The molecule has 0 aliphatic rings. The summed E-state index contributed by atoms with van der Waals surface area (Å²) < 4.78 is 26.9. The molecule has 1 nitrogen and oxygen atoms in total. The van der Waals surface area contributed by atoms with Crippen LogP contribution < -0.4 is 5.32 Å². The molecule has 0 saturated heterocycles. The van der Waals surface area contributed by atoms with Crippen LogP contribution >= 0.6 is 11.6 Å². The largest absolute Gasteiger partial charge is 0.378 e. The molecule has 0 spiro atoms. The van der Waals surface area contributed by atoms with Gasteiger partial charge in [-0.1, -0.05) is 29.8 Å². The van der Waals surface area contributed by atoms with E-state index in [1.54, 1.807) is 6.07 Å². The molecule has 94 valence electrons. The summed E-state index contributed by atoms with van der Waals surface area (Å²) >= 11 is 5.98. The zero-order valence-electron chi connectivity index (χ0n) is 9.81. The van der Waals surface area contributed by atoms with Crippen molar-refractivity contribution < 1.29 is 8.78 Å². The molecule has 0 aliphatic carbocycles. The van der Waals surface area contributed by atoms with Crippen molar-refractivity contribution in [2.45, 2.75) is 13.5 Å². The normalized spacial score (nSPS) is 10.4. The molecule has 0 unspecified atom stereocenters. The van der Waals surface area contributed by atoms with Gasteiger partial charge in [0, 0.05) is 17.6 Å². The molecule has 4 heteroatoms. The van der Waals surface area contributed by atoms with Crippen LogP contribution in [0.4, 0.5) is 14.5 Å². The second-order valence-corrected chi connectivity index (χ2v) is 4.43. The molecule has 2 aromatic carbocycles. The predicted molar refractivity (Wildman–Crippen MR) is 69.9 cm³/mol. The van der Waals surface area contributed by atoms with E-state index < -0.39 is 11.6 Å². The van der Waals surface area contributed by atoms with E-state index >= 15 is 0 Å². The summed E-state index contributed by atoms with van der Waals surface area (Å²) in [4.78, 5) is 0. The molecule has 2 rings (SSSR count). The summed E-state index contributed by atoms with van der Waals surface area (Å²) in [6.45, 7) is 1.87. The number of aryl methyl sites for hydroxylation is 1. The molecule has 0 heterocycles. The maximum absolute atomic E-state index is 13.6. The Hall–Kier alpha value is -1.61. The van der Waals surface area contributed by atoms with E-state index in [4.69, 9.17) is 11.6 Å². The van der Waals surface area contributed by atoms with Gasteiger partial charge in [0.2, 0.25) is 0 Å². The summed E-state index contributed by atoms with van der Waals surface area (Å²) in [5, 5.41) is 3.43. The number of rotatable bonds is 3. The minimum atomic E-state index is -0.471. The first-order valence-corrected chi connectivity index (χ1v) is 5.88. The van der Waals surface area contributed by atoms with Crippen LogP contribution in [-0.4, -0.2) is 0 Å². The van der Waals surface area contributed by atoms with Crippen molar-refractivity contribution >= 4 is 17.3 Å². The molecule has 0 aromatic heterocycles. The van der Waals surface area contributed by atoms with E-state index in [0.717, 1.165) is 11.6 Å². The van der Waals surface area contributed by atoms with Crippen LogP contribution in [0.1, 0.15) is 11.1 Å². The lowest BCUT2D eigenvalue weighted by Crippen LogP contribution is -2.03. The predicted octanol–water partition coefficient (Wildman–Crippen LogP) is 4.54. The fourth-order valence-electron chi connectivity index (χ4n) is 1.61. The zero-order valence-corrected chi connectivity index (χ0v) is 10.6. The van der Waals surface area contributed by atoms with Crippen LogP contribution in [0.25, 0.3) is 0 Å². The Kier molecular flexibility index (Phi) is 3.82. The lowest BCUT2D eigenvalue weighted by atomic mass is 10.2. The third kappa shape index (κ3) is 2.79. The van der Waals surface area contributed by atoms with Crippen LogP contribution in [0, 0.1) is 18.6 Å². The van der Waals surface area contributed by atoms with Gasteiger partial charge in [-0.25, -0.2) is 8.78 Å². The molecule has 1 N–H and O–H groups in total. The van der Waals surface area contributed by atoms with Crippen molar-refractivity contribution in [3.63, 3.8) is 0 Å². The minimum Gasteiger partial charge on any atom is -0.378 e. The molecule has 0 bridgehead atoms. The van der Waals surface area contributed by atoms with Gasteiger partial charge in [-0.05, 0) is 30.2 Å². The molecule has 18 heavy (non-hydrogen) atoms. The first-order chi connectivity index (χ1) is 8.58. The van der Waals surface area contributed by atoms with Crippen molar-refractivity contribution in [2.75, 3.05) is 5.32 Å². The van der Waals surface area contributed by atoms with Crippen LogP contribution in [0.15, 0.2) is 36.4 Å². The Balaban J connectivity index is 2.16. The highest BCUT2D eigenvalue weighted by Crippen LogP contribution is 2.21. The van der Waals surface area contributed by atoms with E-state index in [1.165, 1.54) is 13.0 Å². The molecule has 0 saturated carbocycles. The average molecular weight is 268 g/mol. The highest BCUT2D eigenvalue weighted by atomic mass is 35.5. The van der Waals surface area contributed by atoms with Gasteiger partial charge in [0.15, 0.2) is 0 Å². The Labute approximate surface area is 109 Å². The highest BCUT2D eigenvalue weighted by Gasteiger charge is 2.07. The fraction of sp³-hybridized carbons (Fsp3) is 0.143. The highest BCUT2D eigenvalue weighted by molar-refractivity contribution is 6.31. The van der Waals surface area contributed by atoms with Crippen molar-refractivity contribution in [3.8, 4) is 0 Å². The molecular weight excluding hydrogens is 256 g/mol. The molecular formula is C14H12ClF2N. The van der Waals surface area contributed by atoms with Gasteiger partial charge in [0.1, 0.15) is 11.6 Å². The summed E-state index contributed by atoms with van der Waals surface area (Å²) in [6.07, 6.45) is 0. The molecule has 0 fully saturated rings. The van der Waals surface area contributed by atoms with Gasteiger partial charge in [-0.2, -0.15) is 0 Å². The van der Waals surface area contributed by atoms with Gasteiger partial charge in [0.05, 0.1) is 5.69 Å². The first-order valence-electron chi connectivity index (χ1n) is 5.51. The van der Waals surface area contributed by atoms with Gasteiger partial charge in [-0.3, -0.25) is 0 Å². The smallest absolute Gasteiger partial charge is 0.146 e. The van der Waals surface area contributed by atoms with Gasteiger partial charge >= 0.3 is 0 Å². The summed E-state index contributed by atoms with van der Waals surface area (Å²) in [5.41, 5.74) is 1.26. The van der Waals surface area contributed by atoms with Crippen LogP contribution in [0.5, 0.6) is 0 Å². The second kappa shape index (κ2) is 5.36. The van der Waals surface area contributed by atoms with E-state index in [-0.39, 0.29) is 11.3 Å². The number of benzene rings is 2. The molecule has 0 aliphatic heterocycles. The maximum Gasteiger partial charge on any atom is 0.146 e. The number of nitrogens with one attached hydrogen (secondary N) is 1. The van der Waals surface area contributed by atoms with E-state index in [1.807, 2.05) is 18.2 Å². The Bertz CT molecular complexity index is 570. The molecule has 0 atom stereocenters. The van der Waals surface area contributed by atoms with Crippen LogP contribution in [-0.2, 0) is 6.54 Å². The van der Waals surface area contributed by atoms with Crippen molar-refractivity contribution in [3.05, 3.63) is 64.2 Å². The summed E-state index contributed by atoms with van der Waals surface area (Å²) in [5.74, 6) is -0.904.